The van der Waals surface area contributed by atoms with Crippen molar-refractivity contribution in [3.8, 4) is 5.75 Å². The first kappa shape index (κ1) is 47.1. The molecule has 1 heterocycles. The van der Waals surface area contributed by atoms with Crippen molar-refractivity contribution in [2.45, 2.75) is 89.5 Å². The van der Waals surface area contributed by atoms with Gasteiger partial charge in [0, 0.05) is 19.7 Å². The van der Waals surface area contributed by atoms with Gasteiger partial charge in [0.2, 0.25) is 0 Å². The fourth-order valence-electron chi connectivity index (χ4n) is 7.66. The molecule has 65 heavy (non-hydrogen) atoms. The Kier molecular flexibility index (Phi) is 19.0. The molecule has 0 bridgehead atoms. The molecule has 6 aromatic rings. The van der Waals surface area contributed by atoms with Crippen LogP contribution in [0.25, 0.3) is 0 Å². The maximum atomic E-state index is 13.4. The van der Waals surface area contributed by atoms with Crippen LogP contribution in [0.1, 0.15) is 52.6 Å². The molecule has 1 fully saturated rings. The van der Waals surface area contributed by atoms with E-state index in [4.69, 9.17) is 37.9 Å². The fourth-order valence-corrected chi connectivity index (χ4v) is 7.66. The van der Waals surface area contributed by atoms with E-state index in [-0.39, 0.29) is 19.3 Å². The van der Waals surface area contributed by atoms with E-state index in [0.29, 0.717) is 46.1 Å². The van der Waals surface area contributed by atoms with Gasteiger partial charge in [0.1, 0.15) is 36.8 Å². The molecule has 1 aliphatic heterocycles. The summed E-state index contributed by atoms with van der Waals surface area (Å²) in [4.78, 5) is 15.2. The molecule has 0 saturated carbocycles. The zero-order valence-corrected chi connectivity index (χ0v) is 37.2. The molecular formula is C55H61NO9. The number of amides is 1. The Morgan fingerprint density at radius 1 is 0.492 bits per heavy atom. The van der Waals surface area contributed by atoms with Gasteiger partial charge in [0.05, 0.1) is 40.1 Å². The Morgan fingerprint density at radius 3 is 1.52 bits per heavy atom. The van der Waals surface area contributed by atoms with Crippen LogP contribution in [0.2, 0.25) is 0 Å². The van der Waals surface area contributed by atoms with Crippen LogP contribution >= 0.6 is 0 Å². The Bertz CT molecular complexity index is 2200. The first-order valence-corrected chi connectivity index (χ1v) is 22.5. The van der Waals surface area contributed by atoms with Crippen molar-refractivity contribution in [3.05, 3.63) is 209 Å². The van der Waals surface area contributed by atoms with Crippen LogP contribution in [-0.4, -0.2) is 68.6 Å². The van der Waals surface area contributed by atoms with Gasteiger partial charge >= 0.3 is 6.09 Å². The number of carbonyl (C=O) groups excluding carboxylic acids is 1. The van der Waals surface area contributed by atoms with E-state index in [1.165, 1.54) is 0 Å². The van der Waals surface area contributed by atoms with Crippen molar-refractivity contribution >= 4 is 6.09 Å². The number of carbonyl (C=O) groups is 1. The number of methoxy groups -OCH3 is 1. The lowest BCUT2D eigenvalue weighted by atomic mass is 9.97. The lowest BCUT2D eigenvalue weighted by Gasteiger charge is -2.46. The maximum Gasteiger partial charge on any atom is 0.410 e. The Morgan fingerprint density at radius 2 is 0.969 bits per heavy atom. The van der Waals surface area contributed by atoms with Crippen LogP contribution in [0.15, 0.2) is 176 Å². The Balaban J connectivity index is 1.06. The predicted octanol–water partition coefficient (Wildman–Crippen LogP) is 10.7. The van der Waals surface area contributed by atoms with Crippen LogP contribution in [0, 0.1) is 0 Å². The second-order valence-corrected chi connectivity index (χ2v) is 16.1. The highest BCUT2D eigenvalue weighted by molar-refractivity contribution is 5.67. The average molecular weight is 880 g/mol. The zero-order chi connectivity index (χ0) is 44.7. The van der Waals surface area contributed by atoms with Crippen molar-refractivity contribution in [2.75, 3.05) is 26.9 Å². The molecular weight excluding hydrogens is 819 g/mol. The SMILES string of the molecule is COc1ccc(CO[C@H]2[C@@H](OCc3ccccc3)[C@@H](COCc3ccccc3)O[C@@H](OCCCCCN(Cc3ccccc3)C(=O)OCc3ccccc3)[C@@H]2OCc2ccccc2)cc1. The summed E-state index contributed by atoms with van der Waals surface area (Å²) in [5.74, 6) is 0.768. The van der Waals surface area contributed by atoms with Crippen molar-refractivity contribution in [1.82, 2.24) is 4.90 Å². The Labute approximate surface area is 383 Å². The molecule has 1 saturated heterocycles. The van der Waals surface area contributed by atoms with E-state index in [0.717, 1.165) is 58.4 Å². The third kappa shape index (κ3) is 15.4. The van der Waals surface area contributed by atoms with E-state index < -0.39 is 30.7 Å². The molecule has 0 N–H and O–H groups in total. The highest BCUT2D eigenvalue weighted by Gasteiger charge is 2.49. The van der Waals surface area contributed by atoms with Crippen molar-refractivity contribution in [3.63, 3.8) is 0 Å². The summed E-state index contributed by atoms with van der Waals surface area (Å²) < 4.78 is 51.6. The molecule has 1 aliphatic rings. The summed E-state index contributed by atoms with van der Waals surface area (Å²) in [6.45, 7) is 3.20. The molecule has 0 aliphatic carbocycles. The predicted molar refractivity (Wildman–Crippen MR) is 250 cm³/mol. The van der Waals surface area contributed by atoms with Gasteiger partial charge in [-0.2, -0.15) is 0 Å². The maximum absolute atomic E-state index is 13.4. The minimum absolute atomic E-state index is 0.217. The van der Waals surface area contributed by atoms with Gasteiger partial charge in [0.25, 0.3) is 0 Å². The number of rotatable bonds is 25. The molecule has 6 aromatic carbocycles. The van der Waals surface area contributed by atoms with Gasteiger partial charge in [-0.1, -0.05) is 164 Å². The zero-order valence-electron chi connectivity index (χ0n) is 37.2. The van der Waals surface area contributed by atoms with Crippen LogP contribution in [0.4, 0.5) is 4.79 Å². The van der Waals surface area contributed by atoms with E-state index in [1.54, 1.807) is 12.0 Å². The Hall–Kier alpha value is -5.85. The molecule has 7 rings (SSSR count). The number of benzene rings is 6. The smallest absolute Gasteiger partial charge is 0.410 e. The van der Waals surface area contributed by atoms with Crippen LogP contribution < -0.4 is 4.74 Å². The standard InChI is InChI=1S/C55H61NO9/c1-58-49-32-30-48(31-33-49)40-62-52-51(61-38-45-24-12-4-13-25-45)50(42-59-37-44-22-10-3-11-23-44)65-54(53(52)63-39-46-26-14-5-15-27-46)60-35-19-7-18-34-56(36-43-20-8-2-9-21-43)55(57)64-41-47-28-16-6-17-29-47/h2-6,8-17,20-33,50-54H,7,18-19,34-42H2,1H3/t50-,51+,52+,53-,54-/m1/s1. The number of hydrogen-bond acceptors (Lipinski definition) is 9. The number of nitrogens with zero attached hydrogens (tertiary/aromatic N) is 1. The van der Waals surface area contributed by atoms with Crippen LogP contribution in [-0.2, 0) is 72.7 Å². The average Bonchev–Trinajstić information content (AvgIpc) is 3.36. The largest absolute Gasteiger partial charge is 0.497 e. The van der Waals surface area contributed by atoms with Crippen molar-refractivity contribution in [2.24, 2.45) is 0 Å². The van der Waals surface area contributed by atoms with Crippen LogP contribution in [0.5, 0.6) is 5.75 Å². The van der Waals surface area contributed by atoms with Crippen molar-refractivity contribution < 1.29 is 42.7 Å². The second kappa shape index (κ2) is 26.2. The molecule has 0 unspecified atom stereocenters. The molecule has 10 nitrogen and oxygen atoms in total. The van der Waals surface area contributed by atoms with E-state index in [9.17, 15) is 4.79 Å². The summed E-state index contributed by atoms with van der Waals surface area (Å²) >= 11 is 0. The van der Waals surface area contributed by atoms with Crippen LogP contribution in [0.3, 0.4) is 0 Å². The molecule has 5 atom stereocenters. The molecule has 0 spiro atoms. The summed E-state index contributed by atoms with van der Waals surface area (Å²) in [6, 6.07) is 57.8. The molecule has 340 valence electrons. The topological polar surface area (TPSA) is 94.2 Å². The minimum atomic E-state index is -0.802. The molecule has 0 radical (unpaired) electrons. The minimum Gasteiger partial charge on any atom is -0.497 e. The van der Waals surface area contributed by atoms with Gasteiger partial charge in [-0.15, -0.1) is 0 Å². The second-order valence-electron chi connectivity index (χ2n) is 16.1. The van der Waals surface area contributed by atoms with E-state index >= 15 is 0 Å². The third-order valence-corrected chi connectivity index (χ3v) is 11.2. The summed E-state index contributed by atoms with van der Waals surface area (Å²) in [5.41, 5.74) is 6.05. The van der Waals surface area contributed by atoms with Gasteiger partial charge in [0.15, 0.2) is 6.29 Å². The number of ether oxygens (including phenoxy) is 8. The van der Waals surface area contributed by atoms with Gasteiger partial charge < -0.3 is 42.8 Å². The fraction of sp³-hybridized carbons (Fsp3) is 0.327. The molecule has 1 amide bonds. The first-order valence-electron chi connectivity index (χ1n) is 22.5. The van der Waals surface area contributed by atoms with Crippen molar-refractivity contribution in [1.29, 1.82) is 0 Å². The van der Waals surface area contributed by atoms with Gasteiger partial charge in [-0.3, -0.25) is 0 Å². The number of unbranched alkanes of at least 4 members (excludes halogenated alkanes) is 2. The lowest BCUT2D eigenvalue weighted by molar-refractivity contribution is -0.328. The summed E-state index contributed by atoms with van der Waals surface area (Å²) in [7, 11) is 1.65. The normalized spacial score (nSPS) is 18.2. The highest BCUT2D eigenvalue weighted by Crippen LogP contribution is 2.32. The lowest BCUT2D eigenvalue weighted by Crippen LogP contribution is -2.61. The third-order valence-electron chi connectivity index (χ3n) is 11.2. The monoisotopic (exact) mass is 879 g/mol. The van der Waals surface area contributed by atoms with Gasteiger partial charge in [-0.25, -0.2) is 4.79 Å². The van der Waals surface area contributed by atoms with E-state index in [1.807, 2.05) is 176 Å². The van der Waals surface area contributed by atoms with Gasteiger partial charge in [-0.05, 0) is 64.8 Å². The highest BCUT2D eigenvalue weighted by atomic mass is 16.7. The van der Waals surface area contributed by atoms with E-state index in [2.05, 4.69) is 0 Å². The number of hydrogen-bond donors (Lipinski definition) is 0. The summed E-state index contributed by atoms with van der Waals surface area (Å²) in [6.07, 6.45) is -1.26. The quantitative estimate of drug-likeness (QED) is 0.0521. The first-order chi connectivity index (χ1) is 32.1. The molecule has 0 aromatic heterocycles. The molecule has 10 heteroatoms. The summed E-state index contributed by atoms with van der Waals surface area (Å²) in [5, 5.41) is 0.